The second kappa shape index (κ2) is 10.9. The molecule has 0 aromatic heterocycles. The van der Waals surface area contributed by atoms with Gasteiger partial charge in [-0.1, -0.05) is 67.6 Å². The molecule has 2 rings (SSSR count). The second-order valence-corrected chi connectivity index (χ2v) is 5.95. The predicted molar refractivity (Wildman–Crippen MR) is 96.9 cm³/mol. The molecule has 3 nitrogen and oxygen atoms in total. The van der Waals surface area contributed by atoms with Gasteiger partial charge in [0.05, 0.1) is 13.1 Å². The average molecular weight is 362 g/mol. The van der Waals surface area contributed by atoms with Crippen LogP contribution in [0.5, 0.6) is 0 Å². The fourth-order valence-electron chi connectivity index (χ4n) is 3.12. The molecule has 0 fully saturated rings. The molecule has 0 aliphatic rings. The molecule has 136 valence electrons. The fourth-order valence-corrected chi connectivity index (χ4v) is 3.12. The number of esters is 1. The number of benzene rings is 2. The molecule has 4 heteroatoms. The lowest BCUT2D eigenvalue weighted by atomic mass is 9.91. The van der Waals surface area contributed by atoms with E-state index in [2.05, 4.69) is 20.8 Å². The van der Waals surface area contributed by atoms with E-state index in [4.69, 9.17) is 4.74 Å². The van der Waals surface area contributed by atoms with Gasteiger partial charge in [0.2, 0.25) is 6.23 Å². The zero-order valence-corrected chi connectivity index (χ0v) is 16.0. The van der Waals surface area contributed by atoms with Crippen molar-refractivity contribution in [3.8, 4) is 0 Å². The first-order valence-electron chi connectivity index (χ1n) is 8.86. The van der Waals surface area contributed by atoms with Gasteiger partial charge < -0.3 is 22.0 Å². The van der Waals surface area contributed by atoms with Crippen molar-refractivity contribution in [1.82, 2.24) is 0 Å². The topological polar surface area (TPSA) is 30.7 Å². The van der Waals surface area contributed by atoms with Crippen LogP contribution in [0.4, 0.5) is 0 Å². The van der Waals surface area contributed by atoms with Gasteiger partial charge in [-0.2, -0.15) is 0 Å². The monoisotopic (exact) mass is 361 g/mol. The molecule has 0 amide bonds. The minimum atomic E-state index is -0.378. The highest BCUT2D eigenvalue weighted by atomic mass is 35.5. The highest BCUT2D eigenvalue weighted by molar-refractivity contribution is 5.82. The number of ether oxygens (including phenoxy) is 1. The average Bonchev–Trinajstić information content (AvgIpc) is 2.63. The van der Waals surface area contributed by atoms with Crippen LogP contribution in [0.1, 0.15) is 44.2 Å². The SMILES string of the molecule is CCC(OC(=O)C(c1ccccc1)c1ccccc1)[NH+](CC)CC.[Cl-]. The third kappa shape index (κ3) is 5.58. The lowest BCUT2D eigenvalue weighted by Gasteiger charge is -2.27. The third-order valence-corrected chi connectivity index (χ3v) is 4.49. The number of rotatable bonds is 8. The number of hydrogen-bond acceptors (Lipinski definition) is 2. The van der Waals surface area contributed by atoms with Crippen LogP contribution in [0, 0.1) is 0 Å². The van der Waals surface area contributed by atoms with Gasteiger partial charge in [-0.15, -0.1) is 0 Å². The molecule has 2 aromatic rings. The van der Waals surface area contributed by atoms with E-state index in [0.717, 1.165) is 30.6 Å². The Morgan fingerprint density at radius 3 is 1.68 bits per heavy atom. The molecule has 0 aliphatic carbocycles. The van der Waals surface area contributed by atoms with Crippen LogP contribution >= 0.6 is 0 Å². The van der Waals surface area contributed by atoms with Crippen LogP contribution in [-0.2, 0) is 9.53 Å². The summed E-state index contributed by atoms with van der Waals surface area (Å²) in [6.07, 6.45) is 0.724. The molecule has 0 saturated heterocycles. The normalized spacial score (nSPS) is 11.9. The van der Waals surface area contributed by atoms with Crippen LogP contribution in [0.3, 0.4) is 0 Å². The van der Waals surface area contributed by atoms with E-state index < -0.39 is 0 Å². The number of carbonyl (C=O) groups is 1. The molecule has 1 atom stereocenters. The summed E-state index contributed by atoms with van der Waals surface area (Å²) in [4.78, 5) is 14.3. The van der Waals surface area contributed by atoms with E-state index in [1.807, 2.05) is 60.7 Å². The Morgan fingerprint density at radius 2 is 1.32 bits per heavy atom. The molecule has 0 spiro atoms. The highest BCUT2D eigenvalue weighted by Crippen LogP contribution is 2.26. The largest absolute Gasteiger partial charge is 1.00 e. The first-order chi connectivity index (χ1) is 11.7. The zero-order chi connectivity index (χ0) is 17.4. The molecular weight excluding hydrogens is 334 g/mol. The molecule has 0 saturated carbocycles. The Bertz CT molecular complexity index is 575. The van der Waals surface area contributed by atoms with E-state index in [1.165, 1.54) is 4.90 Å². The van der Waals surface area contributed by atoms with Crippen molar-refractivity contribution in [3.63, 3.8) is 0 Å². The molecular formula is C21H28ClNO2. The summed E-state index contributed by atoms with van der Waals surface area (Å²) in [5.74, 6) is -0.546. The van der Waals surface area contributed by atoms with Gasteiger partial charge in [0.1, 0.15) is 5.92 Å². The summed E-state index contributed by atoms with van der Waals surface area (Å²) in [6.45, 7) is 8.22. The van der Waals surface area contributed by atoms with Crippen molar-refractivity contribution in [1.29, 1.82) is 0 Å². The van der Waals surface area contributed by atoms with Crippen molar-refractivity contribution < 1.29 is 26.8 Å². The number of halogens is 1. The highest BCUT2D eigenvalue weighted by Gasteiger charge is 2.29. The number of hydrogen-bond donors (Lipinski definition) is 1. The van der Waals surface area contributed by atoms with Crippen molar-refractivity contribution >= 4 is 5.97 Å². The maximum absolute atomic E-state index is 13.0. The van der Waals surface area contributed by atoms with Gasteiger partial charge in [-0.25, -0.2) is 0 Å². The molecule has 0 heterocycles. The summed E-state index contributed by atoms with van der Waals surface area (Å²) < 4.78 is 5.94. The van der Waals surface area contributed by atoms with Crippen molar-refractivity contribution in [2.24, 2.45) is 0 Å². The van der Waals surface area contributed by atoms with Crippen molar-refractivity contribution in [3.05, 3.63) is 71.8 Å². The number of carbonyl (C=O) groups excluding carboxylic acids is 1. The summed E-state index contributed by atoms with van der Waals surface area (Å²) in [5, 5.41) is 0. The molecule has 1 unspecified atom stereocenters. The van der Waals surface area contributed by atoms with E-state index in [-0.39, 0.29) is 30.5 Å². The van der Waals surface area contributed by atoms with E-state index in [1.54, 1.807) is 0 Å². The van der Waals surface area contributed by atoms with Gasteiger partial charge in [-0.05, 0) is 25.0 Å². The minimum absolute atomic E-state index is 0. The third-order valence-electron chi connectivity index (χ3n) is 4.49. The Hall–Kier alpha value is -1.84. The summed E-state index contributed by atoms with van der Waals surface area (Å²) in [5.41, 5.74) is 1.94. The van der Waals surface area contributed by atoms with Gasteiger partial charge in [-0.3, -0.25) is 4.79 Å². The van der Waals surface area contributed by atoms with Gasteiger partial charge in [0.25, 0.3) is 0 Å². The summed E-state index contributed by atoms with van der Waals surface area (Å²) in [6, 6.07) is 19.7. The number of quaternary nitrogens is 1. The lowest BCUT2D eigenvalue weighted by molar-refractivity contribution is -0.942. The molecule has 25 heavy (non-hydrogen) atoms. The Morgan fingerprint density at radius 1 is 0.880 bits per heavy atom. The van der Waals surface area contributed by atoms with E-state index in [9.17, 15) is 4.79 Å². The Balaban J connectivity index is 0.00000312. The fraction of sp³-hybridized carbons (Fsp3) is 0.381. The van der Waals surface area contributed by atoms with Gasteiger partial charge >= 0.3 is 5.97 Å². The van der Waals surface area contributed by atoms with Crippen LogP contribution in [0.25, 0.3) is 0 Å². The Labute approximate surface area is 157 Å². The van der Waals surface area contributed by atoms with Crippen LogP contribution in [-0.4, -0.2) is 25.3 Å². The van der Waals surface area contributed by atoms with Crippen LogP contribution in [0.15, 0.2) is 60.7 Å². The van der Waals surface area contributed by atoms with Crippen molar-refractivity contribution in [2.75, 3.05) is 13.1 Å². The smallest absolute Gasteiger partial charge is 0.322 e. The minimum Gasteiger partial charge on any atom is -1.00 e. The number of nitrogens with one attached hydrogen (secondary N) is 1. The molecule has 0 radical (unpaired) electrons. The first-order valence-corrected chi connectivity index (χ1v) is 8.86. The molecule has 1 N–H and O–H groups in total. The van der Waals surface area contributed by atoms with E-state index >= 15 is 0 Å². The summed E-state index contributed by atoms with van der Waals surface area (Å²) >= 11 is 0. The quantitative estimate of drug-likeness (QED) is 0.531. The van der Waals surface area contributed by atoms with Crippen molar-refractivity contribution in [2.45, 2.75) is 39.3 Å². The van der Waals surface area contributed by atoms with E-state index in [0.29, 0.717) is 0 Å². The molecule has 2 aromatic carbocycles. The molecule has 0 aliphatic heterocycles. The maximum Gasteiger partial charge on any atom is 0.322 e. The maximum atomic E-state index is 13.0. The first kappa shape index (κ1) is 21.2. The van der Waals surface area contributed by atoms with Gasteiger partial charge in [0, 0.05) is 6.42 Å². The van der Waals surface area contributed by atoms with Gasteiger partial charge in [0.15, 0.2) is 0 Å². The Kier molecular flexibility index (Phi) is 9.25. The zero-order valence-electron chi connectivity index (χ0n) is 15.2. The second-order valence-electron chi connectivity index (χ2n) is 5.95. The standard InChI is InChI=1S/C21H27NO2.ClH/c1-4-19(22(5-2)6-3)24-21(23)20(17-13-9-7-10-14-17)18-15-11-8-12-16-18;/h7-16,19-20H,4-6H2,1-3H3;1H. The lowest BCUT2D eigenvalue weighted by Crippen LogP contribution is -3.15. The summed E-state index contributed by atoms with van der Waals surface area (Å²) in [7, 11) is 0. The van der Waals surface area contributed by atoms with Crippen LogP contribution in [0.2, 0.25) is 0 Å². The molecule has 0 bridgehead atoms. The van der Waals surface area contributed by atoms with Crippen LogP contribution < -0.4 is 17.3 Å². The predicted octanol–water partition coefficient (Wildman–Crippen LogP) is 0.0265.